The summed E-state index contributed by atoms with van der Waals surface area (Å²) in [6.45, 7) is 4.11. The number of phenols is 1. The third-order valence-corrected chi connectivity index (χ3v) is 7.85. The highest BCUT2D eigenvalue weighted by atomic mass is 16.5. The summed E-state index contributed by atoms with van der Waals surface area (Å²) in [6, 6.07) is 13.4. The van der Waals surface area contributed by atoms with Crippen molar-refractivity contribution in [1.82, 2.24) is 29.9 Å². The number of anilines is 1. The van der Waals surface area contributed by atoms with Crippen molar-refractivity contribution in [1.29, 1.82) is 0 Å². The van der Waals surface area contributed by atoms with Crippen molar-refractivity contribution in [3.8, 4) is 28.3 Å². The second-order valence-corrected chi connectivity index (χ2v) is 10.3. The fourth-order valence-corrected chi connectivity index (χ4v) is 5.50. The molecule has 0 amide bonds. The number of aromatic nitrogens is 6. The van der Waals surface area contributed by atoms with E-state index in [-0.39, 0.29) is 11.3 Å². The predicted octanol–water partition coefficient (Wildman–Crippen LogP) is 5.14. The molecule has 1 aliphatic carbocycles. The average Bonchev–Trinajstić information content (AvgIpc) is 3.32. The summed E-state index contributed by atoms with van der Waals surface area (Å²) < 4.78 is 7.43. The maximum absolute atomic E-state index is 10.4. The van der Waals surface area contributed by atoms with Crippen LogP contribution in [0.2, 0.25) is 0 Å². The van der Waals surface area contributed by atoms with Gasteiger partial charge in [-0.05, 0) is 56.9 Å². The van der Waals surface area contributed by atoms with Gasteiger partial charge in [-0.2, -0.15) is 0 Å². The van der Waals surface area contributed by atoms with Gasteiger partial charge in [0.1, 0.15) is 23.2 Å². The van der Waals surface area contributed by atoms with Crippen molar-refractivity contribution < 1.29 is 9.63 Å². The lowest BCUT2D eigenvalue weighted by atomic mass is 9.93. The Morgan fingerprint density at radius 3 is 2.46 bits per heavy atom. The Morgan fingerprint density at radius 2 is 1.76 bits per heavy atom. The summed E-state index contributed by atoms with van der Waals surface area (Å²) in [7, 11) is 0. The van der Waals surface area contributed by atoms with Crippen LogP contribution in [0.5, 0.6) is 5.75 Å². The van der Waals surface area contributed by atoms with Crippen LogP contribution in [0.15, 0.2) is 65.6 Å². The summed E-state index contributed by atoms with van der Waals surface area (Å²) in [5, 5.41) is 23.4. The van der Waals surface area contributed by atoms with Gasteiger partial charge in [0.25, 0.3) is 0 Å². The van der Waals surface area contributed by atoms with Gasteiger partial charge in [-0.1, -0.05) is 17.3 Å². The minimum atomic E-state index is 0.104. The molecule has 5 aromatic rings. The Kier molecular flexibility index (Phi) is 4.99. The molecular weight excluding hydrogens is 466 g/mol. The largest absolute Gasteiger partial charge is 0.507 e. The van der Waals surface area contributed by atoms with Gasteiger partial charge in [-0.15, -0.1) is 10.2 Å². The number of rotatable bonds is 5. The van der Waals surface area contributed by atoms with Crippen LogP contribution in [0, 0.1) is 0 Å². The van der Waals surface area contributed by atoms with Crippen LogP contribution in [0.3, 0.4) is 0 Å². The fourth-order valence-electron chi connectivity index (χ4n) is 5.50. The highest BCUT2D eigenvalue weighted by Crippen LogP contribution is 2.48. The predicted molar refractivity (Wildman–Crippen MR) is 139 cm³/mol. The lowest BCUT2D eigenvalue weighted by Gasteiger charge is -2.33. The van der Waals surface area contributed by atoms with E-state index in [1.807, 2.05) is 18.2 Å². The van der Waals surface area contributed by atoms with Gasteiger partial charge in [-0.25, -0.2) is 9.97 Å². The zero-order valence-corrected chi connectivity index (χ0v) is 20.6. The monoisotopic (exact) mass is 493 g/mol. The van der Waals surface area contributed by atoms with E-state index in [1.54, 1.807) is 30.8 Å². The van der Waals surface area contributed by atoms with Crippen molar-refractivity contribution in [2.75, 3.05) is 18.0 Å². The van der Waals surface area contributed by atoms with E-state index >= 15 is 0 Å². The summed E-state index contributed by atoms with van der Waals surface area (Å²) in [5.74, 6) is 1.39. The highest BCUT2D eigenvalue weighted by Gasteiger charge is 2.43. The molecule has 2 fully saturated rings. The van der Waals surface area contributed by atoms with Crippen LogP contribution in [0.1, 0.15) is 44.2 Å². The first kappa shape index (κ1) is 22.0. The molecule has 37 heavy (non-hydrogen) atoms. The Labute approximate surface area is 213 Å². The topological polar surface area (TPSA) is 106 Å². The van der Waals surface area contributed by atoms with Gasteiger partial charge in [0, 0.05) is 59.8 Å². The number of phenolic OH excluding ortho intramolecular Hbond substituents is 1. The minimum absolute atomic E-state index is 0.104. The van der Waals surface area contributed by atoms with Crippen molar-refractivity contribution in [3.63, 3.8) is 0 Å². The molecule has 186 valence electrons. The first-order valence-electron chi connectivity index (χ1n) is 12.7. The molecule has 9 heteroatoms. The molecule has 1 aliphatic heterocycles. The second kappa shape index (κ2) is 8.40. The number of nitrogens with zero attached hydrogens (tertiary/aromatic N) is 7. The molecule has 0 spiro atoms. The van der Waals surface area contributed by atoms with E-state index in [1.165, 1.54) is 5.69 Å². The van der Waals surface area contributed by atoms with Crippen LogP contribution < -0.4 is 4.90 Å². The molecule has 0 atom stereocenters. The van der Waals surface area contributed by atoms with Crippen LogP contribution in [-0.2, 0) is 5.54 Å². The number of benzene rings is 1. The quantitative estimate of drug-likeness (QED) is 0.359. The SMILES string of the molecule is CC1(n2c(C3CCN(c4ncc(-c5ccon5)cn4)CC3)cc3nnc(-c4ccccc4O)cc32)CC1. The van der Waals surface area contributed by atoms with Gasteiger partial charge >= 0.3 is 0 Å². The molecule has 5 heterocycles. The Bertz CT molecular complexity index is 1560. The smallest absolute Gasteiger partial charge is 0.225 e. The zero-order chi connectivity index (χ0) is 25.0. The lowest BCUT2D eigenvalue weighted by Crippen LogP contribution is -2.35. The van der Waals surface area contributed by atoms with E-state index in [4.69, 9.17) is 4.52 Å². The van der Waals surface area contributed by atoms with E-state index in [2.05, 4.69) is 53.8 Å². The number of hydrogen-bond acceptors (Lipinski definition) is 8. The van der Waals surface area contributed by atoms with Gasteiger partial charge < -0.3 is 19.1 Å². The van der Waals surface area contributed by atoms with Crippen LogP contribution in [0.25, 0.3) is 33.5 Å². The summed E-state index contributed by atoms with van der Waals surface area (Å²) >= 11 is 0. The minimum Gasteiger partial charge on any atom is -0.507 e. The molecule has 1 saturated heterocycles. The summed E-state index contributed by atoms with van der Waals surface area (Å²) in [5.41, 5.74) is 6.43. The number of para-hydroxylation sites is 1. The standard InChI is InChI=1S/C28H27N7O2/c1-28(9-10-28)35-24(15-23-25(35)14-22(31-32-23)20-4-2-3-5-26(20)36)18-6-11-34(12-7-18)27-29-16-19(17-30-27)21-8-13-37-33-21/h2-5,8,13-18,36H,6-7,9-12H2,1H3. The molecular formula is C28H27N7O2. The Balaban J connectivity index is 1.16. The lowest BCUT2D eigenvalue weighted by molar-refractivity contribution is 0.422. The van der Waals surface area contributed by atoms with Crippen molar-refractivity contribution >= 4 is 17.0 Å². The van der Waals surface area contributed by atoms with Crippen molar-refractivity contribution in [2.45, 2.75) is 44.1 Å². The molecule has 0 unspecified atom stereocenters. The Morgan fingerprint density at radius 1 is 0.973 bits per heavy atom. The molecule has 2 aliphatic rings. The van der Waals surface area contributed by atoms with E-state index in [0.29, 0.717) is 17.2 Å². The molecule has 7 rings (SSSR count). The first-order valence-corrected chi connectivity index (χ1v) is 12.7. The van der Waals surface area contributed by atoms with E-state index in [0.717, 1.165) is 67.0 Å². The van der Waals surface area contributed by atoms with Crippen molar-refractivity contribution in [3.05, 3.63) is 66.8 Å². The number of hydrogen-bond donors (Lipinski definition) is 1. The van der Waals surface area contributed by atoms with Crippen LogP contribution in [-0.4, -0.2) is 48.1 Å². The first-order chi connectivity index (χ1) is 18.1. The zero-order valence-electron chi connectivity index (χ0n) is 20.6. The molecule has 1 N–H and O–H groups in total. The average molecular weight is 494 g/mol. The number of fused-ring (bicyclic) bond motifs is 1. The molecule has 0 bridgehead atoms. The molecule has 0 radical (unpaired) electrons. The second-order valence-electron chi connectivity index (χ2n) is 10.3. The third kappa shape index (κ3) is 3.82. The fraction of sp³-hybridized carbons (Fsp3) is 0.321. The van der Waals surface area contributed by atoms with Crippen molar-refractivity contribution in [2.24, 2.45) is 0 Å². The highest BCUT2D eigenvalue weighted by molar-refractivity contribution is 5.82. The van der Waals surface area contributed by atoms with Gasteiger partial charge in [0.05, 0.1) is 11.2 Å². The van der Waals surface area contributed by atoms with Gasteiger partial charge in [0.2, 0.25) is 5.95 Å². The van der Waals surface area contributed by atoms with Crippen LogP contribution >= 0.6 is 0 Å². The van der Waals surface area contributed by atoms with Crippen LogP contribution in [0.4, 0.5) is 5.95 Å². The number of aromatic hydroxyl groups is 1. The molecule has 1 aromatic carbocycles. The number of piperidine rings is 1. The molecule has 1 saturated carbocycles. The molecule has 4 aromatic heterocycles. The Hall–Kier alpha value is -4.27. The van der Waals surface area contributed by atoms with Gasteiger partial charge in [-0.3, -0.25) is 0 Å². The summed E-state index contributed by atoms with van der Waals surface area (Å²) in [6.07, 6.45) is 9.50. The normalized spacial score (nSPS) is 17.4. The van der Waals surface area contributed by atoms with E-state index in [9.17, 15) is 5.11 Å². The van der Waals surface area contributed by atoms with E-state index < -0.39 is 0 Å². The summed E-state index contributed by atoms with van der Waals surface area (Å²) in [4.78, 5) is 11.4. The maximum Gasteiger partial charge on any atom is 0.225 e. The third-order valence-electron chi connectivity index (χ3n) is 7.85. The maximum atomic E-state index is 10.4. The molecule has 9 nitrogen and oxygen atoms in total. The van der Waals surface area contributed by atoms with Gasteiger partial charge in [0.15, 0.2) is 0 Å².